The van der Waals surface area contributed by atoms with E-state index in [1.807, 2.05) is 0 Å². The molecule has 90 heavy (non-hydrogen) atoms. The summed E-state index contributed by atoms with van der Waals surface area (Å²) in [5.41, 5.74) is -0.124. The van der Waals surface area contributed by atoms with E-state index in [1.54, 1.807) is 0 Å². The Labute approximate surface area is 505 Å². The van der Waals surface area contributed by atoms with Crippen molar-refractivity contribution < 1.29 is 164 Å². The van der Waals surface area contributed by atoms with Gasteiger partial charge in [0, 0.05) is 36.4 Å². The normalized spacial score (nSPS) is 32.2. The molecule has 0 saturated carbocycles. The first kappa shape index (κ1) is 66.4. The maximum Gasteiger partial charge on any atom is 0.402 e. The lowest BCUT2D eigenvalue weighted by molar-refractivity contribution is -0.278. The number of hydrogen-bond donors (Lipinski definition) is 20. The molecule has 1 aromatic heterocycles. The zero-order chi connectivity index (χ0) is 65.2. The monoisotopic (exact) mass is 1280 g/mol. The van der Waals surface area contributed by atoms with Gasteiger partial charge in [-0.25, -0.2) is 14.0 Å². The van der Waals surface area contributed by atoms with Crippen molar-refractivity contribution in [2.75, 3.05) is 26.4 Å². The summed E-state index contributed by atoms with van der Waals surface area (Å²) in [5.74, 6) is -8.25. The fraction of sp³-hybridized carbons (Fsp3) is 0.421. The minimum Gasteiger partial charge on any atom is -0.507 e. The standard InChI is InChI=1S/C57H62O33/c58-16-34-41(68)45(72)49(76)54(87-34)83-29-5-1-20(9-25(29)61)3-7-38(65)80-18-36-43(70)47(74)51(78)55(89-36)84-30-6-2-21(10-26(30)62)4-8-39(66)81-19-37-44(71)48(75)52(79)57(90-37)86-33-15-24-31(82-53(33)22-11-27(63)40(67)28(64)12-22)13-23(60)14-32(24)85-56-50(77)46(73)42(69)35(17-59)88-56/h1-15,34-37,41-52,54-59,68-79H,16-19H2,(H5-,60,61,62,63,64,67)/p+1/b7-3+,8-4+/t34-,35-,36-,37-,41-,42-,43-,44-,45+,46+,47+,48+,49-,50-,51-,52-,54-,55-,56-,57-/m1/s1. The van der Waals surface area contributed by atoms with Gasteiger partial charge in [-0.3, -0.25) is 0 Å². The van der Waals surface area contributed by atoms with E-state index in [1.165, 1.54) is 24.3 Å². The molecule has 33 heteroatoms. The Morgan fingerprint density at radius 3 is 1.20 bits per heavy atom. The van der Waals surface area contributed by atoms with Gasteiger partial charge in [-0.1, -0.05) is 12.1 Å². The number of carbonyl (C=O) groups is 2. The minimum absolute atomic E-state index is 0.132. The predicted molar refractivity (Wildman–Crippen MR) is 292 cm³/mol. The fourth-order valence-corrected chi connectivity index (χ4v) is 9.65. The van der Waals surface area contributed by atoms with Crippen molar-refractivity contribution in [2.24, 2.45) is 0 Å². The van der Waals surface area contributed by atoms with Gasteiger partial charge in [0.1, 0.15) is 128 Å². The first-order valence-corrected chi connectivity index (χ1v) is 27.2. The highest BCUT2D eigenvalue weighted by molar-refractivity contribution is 5.90. The van der Waals surface area contributed by atoms with Gasteiger partial charge >= 0.3 is 23.3 Å². The summed E-state index contributed by atoms with van der Waals surface area (Å²) >= 11 is 0. The highest BCUT2D eigenvalue weighted by Crippen LogP contribution is 2.46. The smallest absolute Gasteiger partial charge is 0.402 e. The molecule has 0 aliphatic carbocycles. The molecule has 488 valence electrons. The summed E-state index contributed by atoms with van der Waals surface area (Å²) in [4.78, 5) is 25.7. The zero-order valence-electron chi connectivity index (χ0n) is 46.3. The number of fused-ring (bicyclic) bond motifs is 1. The summed E-state index contributed by atoms with van der Waals surface area (Å²) in [5, 5.41) is 209. The largest absolute Gasteiger partial charge is 0.507 e. The van der Waals surface area contributed by atoms with Crippen molar-refractivity contribution in [2.45, 2.75) is 123 Å². The molecule has 0 spiro atoms. The average molecular weight is 1280 g/mol. The Balaban J connectivity index is 0.813. The first-order valence-electron chi connectivity index (χ1n) is 27.2. The Kier molecular flexibility index (Phi) is 20.7. The molecule has 20 atom stereocenters. The number of aromatic hydroxyl groups is 6. The molecule has 0 unspecified atom stereocenters. The number of esters is 2. The summed E-state index contributed by atoms with van der Waals surface area (Å²) in [7, 11) is 0. The van der Waals surface area contributed by atoms with Gasteiger partial charge in [0.25, 0.3) is 0 Å². The van der Waals surface area contributed by atoms with Crippen molar-refractivity contribution in [3.8, 4) is 68.8 Å². The van der Waals surface area contributed by atoms with Crippen LogP contribution in [0.3, 0.4) is 0 Å². The highest BCUT2D eigenvalue weighted by atomic mass is 16.7. The van der Waals surface area contributed by atoms with E-state index in [0.29, 0.717) is 0 Å². The van der Waals surface area contributed by atoms with E-state index >= 15 is 0 Å². The molecule has 4 aliphatic heterocycles. The lowest BCUT2D eigenvalue weighted by Gasteiger charge is -2.39. The lowest BCUT2D eigenvalue weighted by Crippen LogP contribution is -2.60. The third-order valence-electron chi connectivity index (χ3n) is 14.7. The molecule has 20 N–H and O–H groups in total. The molecule has 0 bridgehead atoms. The van der Waals surface area contributed by atoms with Crippen LogP contribution in [0.4, 0.5) is 0 Å². The van der Waals surface area contributed by atoms with Crippen molar-refractivity contribution >= 4 is 35.1 Å². The fourth-order valence-electron chi connectivity index (χ4n) is 9.65. The second-order valence-electron chi connectivity index (χ2n) is 20.9. The first-order chi connectivity index (χ1) is 42.7. The van der Waals surface area contributed by atoms with Crippen molar-refractivity contribution in [1.29, 1.82) is 0 Å². The minimum atomic E-state index is -2.09. The third-order valence-corrected chi connectivity index (χ3v) is 14.7. The highest BCUT2D eigenvalue weighted by Gasteiger charge is 2.50. The number of aliphatic hydroxyl groups is 14. The number of hydrogen-bond acceptors (Lipinski definition) is 32. The number of ether oxygens (including phenoxy) is 10. The van der Waals surface area contributed by atoms with Gasteiger partial charge < -0.3 is 149 Å². The number of carbonyl (C=O) groups excluding carboxylic acids is 2. The Morgan fingerprint density at radius 2 is 0.800 bits per heavy atom. The van der Waals surface area contributed by atoms with Crippen LogP contribution in [0.1, 0.15) is 11.1 Å². The summed E-state index contributed by atoms with van der Waals surface area (Å²) in [6.45, 7) is -3.07. The van der Waals surface area contributed by atoms with Crippen LogP contribution < -0.4 is 18.9 Å². The molecule has 4 fully saturated rings. The van der Waals surface area contributed by atoms with Crippen molar-refractivity contribution in [3.05, 3.63) is 90.0 Å². The van der Waals surface area contributed by atoms with Crippen LogP contribution in [0, 0.1) is 0 Å². The molecule has 4 aromatic carbocycles. The van der Waals surface area contributed by atoms with Crippen LogP contribution >= 0.6 is 0 Å². The molecule has 0 amide bonds. The number of rotatable bonds is 19. The van der Waals surface area contributed by atoms with E-state index in [2.05, 4.69) is 0 Å². The maximum atomic E-state index is 13.0. The van der Waals surface area contributed by atoms with Crippen LogP contribution in [-0.2, 0) is 38.0 Å². The van der Waals surface area contributed by atoms with Gasteiger partial charge in [-0.2, -0.15) is 0 Å². The average Bonchev–Trinajstić information content (AvgIpc) is 0.830. The summed E-state index contributed by atoms with van der Waals surface area (Å²) in [6, 6.07) is 12.3. The van der Waals surface area contributed by atoms with Crippen molar-refractivity contribution in [3.63, 3.8) is 0 Å². The number of aliphatic hydroxyl groups excluding tert-OH is 14. The van der Waals surface area contributed by atoms with Crippen molar-refractivity contribution in [1.82, 2.24) is 0 Å². The summed E-state index contributed by atoms with van der Waals surface area (Å²) in [6.07, 6.45) is -31.4. The van der Waals surface area contributed by atoms with Crippen LogP contribution in [0.25, 0.3) is 34.4 Å². The van der Waals surface area contributed by atoms with Gasteiger partial charge in [0.2, 0.25) is 30.9 Å². The maximum absolute atomic E-state index is 13.0. The van der Waals surface area contributed by atoms with Gasteiger partial charge in [-0.15, -0.1) is 0 Å². The van der Waals surface area contributed by atoms with E-state index in [-0.39, 0.29) is 44.9 Å². The second kappa shape index (κ2) is 28.0. The third kappa shape index (κ3) is 14.4. The molecule has 5 heterocycles. The Hall–Kier alpha value is -8.01. The van der Waals surface area contributed by atoms with E-state index < -0.39 is 207 Å². The molecule has 5 aromatic rings. The van der Waals surface area contributed by atoms with Crippen LogP contribution in [0.5, 0.6) is 57.5 Å². The van der Waals surface area contributed by atoms with Crippen LogP contribution in [0.2, 0.25) is 0 Å². The quantitative estimate of drug-likeness (QED) is 0.0162. The molecular weight excluding hydrogens is 1210 g/mol. The lowest BCUT2D eigenvalue weighted by atomic mass is 9.99. The van der Waals surface area contributed by atoms with Gasteiger partial charge in [0.15, 0.2) is 40.2 Å². The molecule has 4 saturated heterocycles. The van der Waals surface area contributed by atoms with Gasteiger partial charge in [0.05, 0.1) is 24.8 Å². The molecular formula is C57H63O33+. The zero-order valence-corrected chi connectivity index (χ0v) is 46.3. The number of phenolic OH excluding ortho intramolecular Hbond substituents is 6. The topological polar surface area (TPSA) is 542 Å². The van der Waals surface area contributed by atoms with E-state index in [9.17, 15) is 112 Å². The predicted octanol–water partition coefficient (Wildman–Crippen LogP) is -4.14. The molecule has 33 nitrogen and oxygen atoms in total. The molecule has 9 rings (SSSR count). The Morgan fingerprint density at radius 1 is 0.422 bits per heavy atom. The van der Waals surface area contributed by atoms with Crippen LogP contribution in [-0.4, -0.2) is 263 Å². The van der Waals surface area contributed by atoms with Gasteiger partial charge in [-0.05, 0) is 47.5 Å². The SMILES string of the molecule is O=C(/C=C/c1ccc(O[C@@H]2O[C@H](CO)[C@@H](O)[C@H](O)[C@H]2O)c(O)c1)OC[C@H]1O[C@@H](Oc2ccc(/C=C/C(=O)OC[C@H]3O[C@@H](Oc4cc5c(O[C@@H]6O[C@H](CO)[C@@H](O)[C@H](O)[C@H]6O)cc(O)cc5[o+]c4-c4cc(O)c(O)c(O)c4)[C@H](O)[C@@H](O)[C@@H]3O)cc2O)[C@H](O)[C@@H](O)[C@@H]1O. The van der Waals surface area contributed by atoms with E-state index in [0.717, 1.165) is 66.8 Å². The summed E-state index contributed by atoms with van der Waals surface area (Å²) < 4.78 is 61.4. The molecule has 0 radical (unpaired) electrons. The molecule has 4 aliphatic rings. The van der Waals surface area contributed by atoms with E-state index in [4.69, 9.17) is 51.8 Å². The van der Waals surface area contributed by atoms with Crippen LogP contribution in [0.15, 0.2) is 83.3 Å². The number of phenols is 6. The Bertz CT molecular complexity index is 3390. The second-order valence-corrected chi connectivity index (χ2v) is 20.9. The number of benzene rings is 4.